The number of hydrogen-bond acceptors (Lipinski definition) is 2. The van der Waals surface area contributed by atoms with Crippen molar-refractivity contribution in [2.24, 2.45) is 0 Å². The Hall–Kier alpha value is -2.13. The first-order valence-corrected chi connectivity index (χ1v) is 8.28. The Morgan fingerprint density at radius 2 is 1.83 bits per heavy atom. The summed E-state index contributed by atoms with van der Waals surface area (Å²) >= 11 is 0. The number of rotatable bonds is 3. The van der Waals surface area contributed by atoms with Gasteiger partial charge in [0, 0.05) is 24.7 Å². The standard InChI is InChI=1S/C20H24N2O/c1-14-7-6-10-19(15(14)2)17-11-18(13-21-12-17)22-20(23)16-8-4-3-5-9-16/h3-10,17-18,21H,11-13H2,1-2H3,(H,22,23). The Balaban J connectivity index is 1.69. The fraction of sp³-hybridized carbons (Fsp3) is 0.350. The van der Waals surface area contributed by atoms with Crippen LogP contribution in [0.1, 0.15) is 39.4 Å². The second-order valence-corrected chi connectivity index (χ2v) is 6.42. The van der Waals surface area contributed by atoms with Crippen LogP contribution in [-0.2, 0) is 0 Å². The molecule has 3 rings (SSSR count). The lowest BCUT2D eigenvalue weighted by atomic mass is 9.85. The van der Waals surface area contributed by atoms with Gasteiger partial charge < -0.3 is 10.6 Å². The molecule has 0 spiro atoms. The third kappa shape index (κ3) is 3.62. The van der Waals surface area contributed by atoms with Crippen molar-refractivity contribution in [3.05, 3.63) is 70.8 Å². The van der Waals surface area contributed by atoms with E-state index in [1.807, 2.05) is 30.3 Å². The maximum atomic E-state index is 12.3. The molecule has 1 heterocycles. The Kier molecular flexibility index (Phi) is 4.77. The molecule has 0 radical (unpaired) electrons. The smallest absolute Gasteiger partial charge is 0.251 e. The molecule has 0 bridgehead atoms. The Morgan fingerprint density at radius 3 is 2.61 bits per heavy atom. The highest BCUT2D eigenvalue weighted by Crippen LogP contribution is 2.27. The zero-order valence-corrected chi connectivity index (χ0v) is 13.8. The number of benzene rings is 2. The van der Waals surface area contributed by atoms with Gasteiger partial charge in [-0.3, -0.25) is 4.79 Å². The Morgan fingerprint density at radius 1 is 1.04 bits per heavy atom. The van der Waals surface area contributed by atoms with Crippen molar-refractivity contribution in [1.82, 2.24) is 10.6 Å². The van der Waals surface area contributed by atoms with Crippen LogP contribution in [0.15, 0.2) is 48.5 Å². The van der Waals surface area contributed by atoms with Crippen LogP contribution >= 0.6 is 0 Å². The number of carbonyl (C=O) groups excluding carboxylic acids is 1. The molecule has 120 valence electrons. The highest BCUT2D eigenvalue weighted by Gasteiger charge is 2.25. The first-order chi connectivity index (χ1) is 11.1. The lowest BCUT2D eigenvalue weighted by Gasteiger charge is -2.32. The largest absolute Gasteiger partial charge is 0.348 e. The van der Waals surface area contributed by atoms with Crippen molar-refractivity contribution in [2.75, 3.05) is 13.1 Å². The monoisotopic (exact) mass is 308 g/mol. The molecule has 1 amide bonds. The van der Waals surface area contributed by atoms with Crippen LogP contribution in [0.2, 0.25) is 0 Å². The van der Waals surface area contributed by atoms with Gasteiger partial charge in [0.05, 0.1) is 0 Å². The molecule has 0 aliphatic carbocycles. The van der Waals surface area contributed by atoms with E-state index in [1.165, 1.54) is 16.7 Å². The van der Waals surface area contributed by atoms with Crippen LogP contribution in [0.5, 0.6) is 0 Å². The molecule has 0 aromatic heterocycles. The van der Waals surface area contributed by atoms with E-state index < -0.39 is 0 Å². The molecule has 0 saturated carbocycles. The maximum Gasteiger partial charge on any atom is 0.251 e. The molecule has 2 N–H and O–H groups in total. The molecule has 3 heteroatoms. The van der Waals surface area contributed by atoms with Crippen molar-refractivity contribution in [3.63, 3.8) is 0 Å². The van der Waals surface area contributed by atoms with E-state index in [9.17, 15) is 4.79 Å². The number of piperidine rings is 1. The number of hydrogen-bond donors (Lipinski definition) is 2. The predicted molar refractivity (Wildman–Crippen MR) is 93.8 cm³/mol. The van der Waals surface area contributed by atoms with Crippen molar-refractivity contribution in [2.45, 2.75) is 32.2 Å². The molecule has 2 atom stereocenters. The number of aryl methyl sites for hydroxylation is 1. The van der Waals surface area contributed by atoms with E-state index in [0.717, 1.165) is 25.1 Å². The fourth-order valence-corrected chi connectivity index (χ4v) is 3.36. The third-order valence-corrected chi connectivity index (χ3v) is 4.81. The molecule has 2 unspecified atom stereocenters. The Labute approximate surface area is 138 Å². The number of carbonyl (C=O) groups is 1. The minimum atomic E-state index is 0.0130. The summed E-state index contributed by atoms with van der Waals surface area (Å²) in [6, 6.07) is 16.1. The van der Waals surface area contributed by atoms with Crippen molar-refractivity contribution in [3.8, 4) is 0 Å². The van der Waals surface area contributed by atoms with Gasteiger partial charge in [-0.1, -0.05) is 36.4 Å². The van der Waals surface area contributed by atoms with Crippen molar-refractivity contribution >= 4 is 5.91 Å². The van der Waals surface area contributed by atoms with Gasteiger partial charge in [0.1, 0.15) is 0 Å². The Bertz CT molecular complexity index is 681. The van der Waals surface area contributed by atoms with E-state index in [4.69, 9.17) is 0 Å². The second kappa shape index (κ2) is 6.97. The molecule has 3 nitrogen and oxygen atoms in total. The van der Waals surface area contributed by atoms with Gasteiger partial charge in [0.25, 0.3) is 5.91 Å². The minimum Gasteiger partial charge on any atom is -0.348 e. The number of nitrogens with one attached hydrogen (secondary N) is 2. The molecular formula is C20H24N2O. The van der Waals surface area contributed by atoms with Crippen LogP contribution in [0.3, 0.4) is 0 Å². The van der Waals surface area contributed by atoms with E-state index in [0.29, 0.717) is 5.92 Å². The summed E-state index contributed by atoms with van der Waals surface area (Å²) in [5.74, 6) is 0.462. The van der Waals surface area contributed by atoms with Gasteiger partial charge in [-0.15, -0.1) is 0 Å². The highest BCUT2D eigenvalue weighted by atomic mass is 16.1. The minimum absolute atomic E-state index is 0.0130. The molecule has 2 aromatic rings. The molecule has 1 aliphatic heterocycles. The summed E-state index contributed by atoms with van der Waals surface area (Å²) in [5.41, 5.74) is 4.82. The quantitative estimate of drug-likeness (QED) is 0.914. The molecule has 2 aromatic carbocycles. The van der Waals surface area contributed by atoms with Crippen LogP contribution in [-0.4, -0.2) is 25.0 Å². The number of amides is 1. The van der Waals surface area contributed by atoms with Gasteiger partial charge in [-0.2, -0.15) is 0 Å². The van der Waals surface area contributed by atoms with Crippen LogP contribution < -0.4 is 10.6 Å². The average molecular weight is 308 g/mol. The van der Waals surface area contributed by atoms with Gasteiger partial charge in [0.15, 0.2) is 0 Å². The topological polar surface area (TPSA) is 41.1 Å². The van der Waals surface area contributed by atoms with E-state index >= 15 is 0 Å². The SMILES string of the molecule is Cc1cccc(C2CNCC(NC(=O)c3ccccc3)C2)c1C. The maximum absolute atomic E-state index is 12.3. The lowest BCUT2D eigenvalue weighted by Crippen LogP contribution is -2.48. The van der Waals surface area contributed by atoms with Gasteiger partial charge in [-0.05, 0) is 55.0 Å². The van der Waals surface area contributed by atoms with Crippen LogP contribution in [0.25, 0.3) is 0 Å². The average Bonchev–Trinajstić information content (AvgIpc) is 2.58. The molecule has 1 aliphatic rings. The van der Waals surface area contributed by atoms with Gasteiger partial charge in [-0.25, -0.2) is 0 Å². The second-order valence-electron chi connectivity index (χ2n) is 6.42. The van der Waals surface area contributed by atoms with Crippen LogP contribution in [0, 0.1) is 13.8 Å². The van der Waals surface area contributed by atoms with E-state index in [2.05, 4.69) is 42.7 Å². The third-order valence-electron chi connectivity index (χ3n) is 4.81. The summed E-state index contributed by atoms with van der Waals surface area (Å²) in [6.07, 6.45) is 0.982. The molecule has 1 fully saturated rings. The molecule has 1 saturated heterocycles. The van der Waals surface area contributed by atoms with E-state index in [-0.39, 0.29) is 11.9 Å². The fourth-order valence-electron chi connectivity index (χ4n) is 3.36. The summed E-state index contributed by atoms with van der Waals surface area (Å²) in [6.45, 7) is 6.16. The van der Waals surface area contributed by atoms with Crippen LogP contribution in [0.4, 0.5) is 0 Å². The summed E-state index contributed by atoms with van der Waals surface area (Å²) in [7, 11) is 0. The first-order valence-electron chi connectivity index (χ1n) is 8.28. The van der Waals surface area contributed by atoms with Crippen molar-refractivity contribution in [1.29, 1.82) is 0 Å². The summed E-state index contributed by atoms with van der Waals surface area (Å²) < 4.78 is 0. The first kappa shape index (κ1) is 15.8. The zero-order chi connectivity index (χ0) is 16.2. The molecule has 23 heavy (non-hydrogen) atoms. The summed E-state index contributed by atoms with van der Waals surface area (Å²) in [4.78, 5) is 12.3. The van der Waals surface area contributed by atoms with Crippen molar-refractivity contribution < 1.29 is 4.79 Å². The normalized spacial score (nSPS) is 21.0. The zero-order valence-electron chi connectivity index (χ0n) is 13.8. The summed E-state index contributed by atoms with van der Waals surface area (Å²) in [5, 5.41) is 6.64. The lowest BCUT2D eigenvalue weighted by molar-refractivity contribution is 0.0928. The van der Waals surface area contributed by atoms with Gasteiger partial charge >= 0.3 is 0 Å². The van der Waals surface area contributed by atoms with Gasteiger partial charge in [0.2, 0.25) is 0 Å². The predicted octanol–water partition coefficient (Wildman–Crippen LogP) is 3.18. The highest BCUT2D eigenvalue weighted by molar-refractivity contribution is 5.94. The molecular weight excluding hydrogens is 284 g/mol. The van der Waals surface area contributed by atoms with E-state index in [1.54, 1.807) is 0 Å².